The summed E-state index contributed by atoms with van der Waals surface area (Å²) >= 11 is 0. The molecule has 0 N–H and O–H groups in total. The summed E-state index contributed by atoms with van der Waals surface area (Å²) in [5.41, 5.74) is 5.04. The average Bonchev–Trinajstić information content (AvgIpc) is 2.91. The second kappa shape index (κ2) is 15.4. The molecule has 37 heavy (non-hydrogen) atoms. The van der Waals surface area contributed by atoms with Crippen LogP contribution in [0.3, 0.4) is 0 Å². The second-order valence-electron chi connectivity index (χ2n) is 12.2. The Morgan fingerprint density at radius 1 is 0.703 bits per heavy atom. The Morgan fingerprint density at radius 3 is 1.78 bits per heavy atom. The van der Waals surface area contributed by atoms with E-state index in [2.05, 4.69) is 41.5 Å². The first-order chi connectivity index (χ1) is 17.9. The van der Waals surface area contributed by atoms with Crippen molar-refractivity contribution < 1.29 is 14.2 Å². The van der Waals surface area contributed by atoms with Gasteiger partial charge in [-0.3, -0.25) is 0 Å². The number of rotatable bonds is 17. The fourth-order valence-electron chi connectivity index (χ4n) is 6.35. The molecular weight excluding hydrogens is 456 g/mol. The van der Waals surface area contributed by atoms with Gasteiger partial charge in [-0.25, -0.2) is 0 Å². The molecule has 0 spiro atoms. The molecule has 3 atom stereocenters. The molecule has 0 saturated heterocycles. The van der Waals surface area contributed by atoms with Crippen LogP contribution in [-0.2, 0) is 11.2 Å². The first-order valence-corrected chi connectivity index (χ1v) is 16.1. The summed E-state index contributed by atoms with van der Waals surface area (Å²) in [6.07, 6.45) is 24.8. The molecule has 2 aliphatic heterocycles. The molecule has 1 aromatic carbocycles. The van der Waals surface area contributed by atoms with Gasteiger partial charge in [0.1, 0.15) is 17.1 Å². The van der Waals surface area contributed by atoms with Crippen LogP contribution in [-0.4, -0.2) is 11.9 Å². The monoisotopic (exact) mass is 514 g/mol. The lowest BCUT2D eigenvalue weighted by molar-refractivity contribution is -0.143. The van der Waals surface area contributed by atoms with Crippen LogP contribution >= 0.6 is 0 Å². The molecule has 0 radical (unpaired) electrons. The molecule has 1 aromatic rings. The number of unbranched alkanes of at least 4 members (excludes halogenated alkanes) is 13. The fraction of sp³-hybridized carbons (Fsp3) is 0.824. The summed E-state index contributed by atoms with van der Waals surface area (Å²) in [5, 5.41) is 0. The summed E-state index contributed by atoms with van der Waals surface area (Å²) in [5.74, 6) is 2.19. The van der Waals surface area contributed by atoms with Crippen molar-refractivity contribution in [3.8, 4) is 11.5 Å². The molecule has 0 fully saturated rings. The fourth-order valence-corrected chi connectivity index (χ4v) is 6.35. The van der Waals surface area contributed by atoms with Crippen LogP contribution in [0, 0.1) is 13.8 Å². The van der Waals surface area contributed by atoms with E-state index in [-0.39, 0.29) is 18.0 Å². The third-order valence-corrected chi connectivity index (χ3v) is 8.99. The van der Waals surface area contributed by atoms with E-state index >= 15 is 0 Å². The molecule has 212 valence electrons. The van der Waals surface area contributed by atoms with Crippen LogP contribution in [0.25, 0.3) is 0 Å². The van der Waals surface area contributed by atoms with Gasteiger partial charge in [0.15, 0.2) is 6.29 Å². The van der Waals surface area contributed by atoms with Gasteiger partial charge < -0.3 is 14.2 Å². The first kappa shape index (κ1) is 30.3. The Hall–Kier alpha value is -1.22. The van der Waals surface area contributed by atoms with E-state index in [4.69, 9.17) is 14.2 Å². The minimum absolute atomic E-state index is 0.0559. The minimum atomic E-state index is -0.135. The van der Waals surface area contributed by atoms with Crippen molar-refractivity contribution in [2.24, 2.45) is 0 Å². The van der Waals surface area contributed by atoms with E-state index in [1.807, 2.05) is 0 Å². The molecule has 3 heteroatoms. The van der Waals surface area contributed by atoms with Gasteiger partial charge in [0.2, 0.25) is 0 Å². The number of hydrogen-bond donors (Lipinski definition) is 0. The molecule has 2 aliphatic rings. The molecule has 0 aliphatic carbocycles. The highest BCUT2D eigenvalue weighted by Crippen LogP contribution is 2.50. The van der Waals surface area contributed by atoms with Gasteiger partial charge in [0, 0.05) is 17.5 Å². The van der Waals surface area contributed by atoms with Gasteiger partial charge in [-0.1, -0.05) is 104 Å². The largest absolute Gasteiger partial charge is 0.487 e. The van der Waals surface area contributed by atoms with Crippen molar-refractivity contribution in [2.75, 3.05) is 0 Å². The lowest BCUT2D eigenvalue weighted by atomic mass is 9.82. The molecule has 3 nitrogen and oxygen atoms in total. The Labute approximate surface area is 229 Å². The maximum atomic E-state index is 6.85. The molecule has 0 amide bonds. The molecule has 1 unspecified atom stereocenters. The molecule has 0 saturated carbocycles. The van der Waals surface area contributed by atoms with Crippen LogP contribution < -0.4 is 9.47 Å². The zero-order chi connectivity index (χ0) is 26.7. The van der Waals surface area contributed by atoms with Gasteiger partial charge in [0.25, 0.3) is 0 Å². The lowest BCUT2D eigenvalue weighted by Crippen LogP contribution is -2.38. The van der Waals surface area contributed by atoms with Gasteiger partial charge in [-0.2, -0.15) is 0 Å². The number of hydrogen-bond acceptors (Lipinski definition) is 3. The highest BCUT2D eigenvalue weighted by Gasteiger charge is 2.39. The Kier molecular flexibility index (Phi) is 12.6. The molecule has 0 bridgehead atoms. The normalized spacial score (nSPS) is 22.8. The van der Waals surface area contributed by atoms with Crippen LogP contribution in [0.1, 0.15) is 172 Å². The maximum Gasteiger partial charge on any atom is 0.200 e. The highest BCUT2D eigenvalue weighted by molar-refractivity contribution is 5.60. The van der Waals surface area contributed by atoms with Crippen LogP contribution in [0.4, 0.5) is 0 Å². The van der Waals surface area contributed by atoms with E-state index < -0.39 is 0 Å². The Balaban J connectivity index is 1.40. The van der Waals surface area contributed by atoms with E-state index in [9.17, 15) is 0 Å². The summed E-state index contributed by atoms with van der Waals surface area (Å²) in [6.45, 7) is 13.4. The van der Waals surface area contributed by atoms with Gasteiger partial charge >= 0.3 is 0 Å². The molecule has 0 aromatic heterocycles. The Bertz CT molecular complexity index is 816. The first-order valence-electron chi connectivity index (χ1n) is 16.1. The van der Waals surface area contributed by atoms with E-state index in [0.29, 0.717) is 0 Å². The number of ether oxygens (including phenoxy) is 3. The van der Waals surface area contributed by atoms with Crippen molar-refractivity contribution in [3.05, 3.63) is 22.3 Å². The number of fused-ring (bicyclic) bond motifs is 3. The standard InChI is InChI=1S/C34H58O3/c1-7-10-11-12-13-14-15-16-17-18-19-20-21-22-24-34(6)25-23-28-31-29(8-2)35-30(9-3)36-33(31)27(5)26(4)32(28)37-34/h29-30H,7-25H2,1-6H3/t29-,30+,34?/m1/s1. The van der Waals surface area contributed by atoms with Crippen molar-refractivity contribution in [3.63, 3.8) is 0 Å². The summed E-state index contributed by atoms with van der Waals surface area (Å²) in [6, 6.07) is 0. The van der Waals surface area contributed by atoms with E-state index in [1.165, 1.54) is 112 Å². The molecule has 2 heterocycles. The third kappa shape index (κ3) is 8.38. The van der Waals surface area contributed by atoms with Crippen molar-refractivity contribution >= 4 is 0 Å². The second-order valence-corrected chi connectivity index (χ2v) is 12.2. The lowest BCUT2D eigenvalue weighted by Gasteiger charge is -2.41. The topological polar surface area (TPSA) is 27.7 Å². The summed E-state index contributed by atoms with van der Waals surface area (Å²) in [4.78, 5) is 0. The zero-order valence-electron chi connectivity index (χ0n) is 25.3. The predicted molar refractivity (Wildman–Crippen MR) is 157 cm³/mol. The van der Waals surface area contributed by atoms with Crippen molar-refractivity contribution in [1.82, 2.24) is 0 Å². The van der Waals surface area contributed by atoms with Crippen LogP contribution in [0.15, 0.2) is 0 Å². The maximum absolute atomic E-state index is 6.85. The quantitative estimate of drug-likeness (QED) is 0.193. The third-order valence-electron chi connectivity index (χ3n) is 8.99. The SMILES string of the molecule is CCCCCCCCCCCCCCCCC1(C)CCc2c(c(C)c(C)c3c2[C@@H](CC)O[C@H](CC)O3)O1. The minimum Gasteiger partial charge on any atom is -0.487 e. The smallest absolute Gasteiger partial charge is 0.200 e. The van der Waals surface area contributed by atoms with Crippen molar-refractivity contribution in [2.45, 2.75) is 182 Å². The van der Waals surface area contributed by atoms with Gasteiger partial charge in [-0.15, -0.1) is 0 Å². The van der Waals surface area contributed by atoms with E-state index in [0.717, 1.165) is 43.6 Å². The molecule has 3 rings (SSSR count). The van der Waals surface area contributed by atoms with Crippen LogP contribution in [0.5, 0.6) is 11.5 Å². The van der Waals surface area contributed by atoms with Crippen LogP contribution in [0.2, 0.25) is 0 Å². The number of benzene rings is 1. The summed E-state index contributed by atoms with van der Waals surface area (Å²) < 4.78 is 19.5. The highest BCUT2D eigenvalue weighted by atomic mass is 16.7. The average molecular weight is 515 g/mol. The summed E-state index contributed by atoms with van der Waals surface area (Å²) in [7, 11) is 0. The van der Waals surface area contributed by atoms with Gasteiger partial charge in [-0.05, 0) is 64.0 Å². The predicted octanol–water partition coefficient (Wildman–Crippen LogP) is 10.9. The Morgan fingerprint density at radius 2 is 1.24 bits per heavy atom. The van der Waals surface area contributed by atoms with E-state index in [1.54, 1.807) is 0 Å². The molecular formula is C34H58O3. The van der Waals surface area contributed by atoms with Gasteiger partial charge in [0.05, 0.1) is 6.10 Å². The zero-order valence-corrected chi connectivity index (χ0v) is 25.3. The van der Waals surface area contributed by atoms with Crippen molar-refractivity contribution in [1.29, 1.82) is 0 Å².